The van der Waals surface area contributed by atoms with Gasteiger partial charge in [-0.25, -0.2) is 9.78 Å². The Hall–Kier alpha value is 1.38. The van der Waals surface area contributed by atoms with Gasteiger partial charge < -0.3 is 0 Å². The fourth-order valence-corrected chi connectivity index (χ4v) is 6.09. The smallest absolute Gasteiger partial charge is 0.122 e. The zero-order chi connectivity index (χ0) is 15.1. The summed E-state index contributed by atoms with van der Waals surface area (Å²) in [6.07, 6.45) is 2.49. The Labute approximate surface area is 146 Å². The zero-order valence-electron chi connectivity index (χ0n) is 13.2. The molecule has 0 aromatic rings. The molecule has 0 N–H and O–H groups in total. The number of halogens is 2. The van der Waals surface area contributed by atoms with Gasteiger partial charge in [0.1, 0.15) is 13.1 Å². The summed E-state index contributed by atoms with van der Waals surface area (Å²) in [7, 11) is 0. The highest BCUT2D eigenvalue weighted by Gasteiger charge is 2.51. The molecule has 0 aromatic carbocycles. The van der Waals surface area contributed by atoms with Gasteiger partial charge in [-0.1, -0.05) is 79.8 Å². The summed E-state index contributed by atoms with van der Waals surface area (Å²) in [4.78, 5) is 11.8. The molecule has 1 aliphatic rings. The molecular weight excluding hydrogens is 466 g/mol. The van der Waals surface area contributed by atoms with Crippen molar-refractivity contribution in [3.05, 3.63) is 0 Å². The monoisotopic (exact) mass is 494 g/mol. The van der Waals surface area contributed by atoms with Gasteiger partial charge in [-0.05, 0) is 43.9 Å². The minimum absolute atomic E-state index is 0.101. The molecule has 0 aliphatic heterocycles. The maximum atomic E-state index is 5.97. The topological polar surface area (TPSA) is 18.5 Å². The maximum Gasteiger partial charge on any atom is 0.122 e. The summed E-state index contributed by atoms with van der Waals surface area (Å²) in [6, 6.07) is 0. The lowest BCUT2D eigenvalue weighted by atomic mass is 9.71. The van der Waals surface area contributed by atoms with Crippen LogP contribution in [0.25, 0.3) is 0 Å². The summed E-state index contributed by atoms with van der Waals surface area (Å²) in [5.74, 6) is 1.16. The van der Waals surface area contributed by atoms with E-state index in [1.807, 2.05) is 0 Å². The van der Waals surface area contributed by atoms with Crippen molar-refractivity contribution in [3.8, 4) is 0 Å². The van der Waals surface area contributed by atoms with Gasteiger partial charge in [0.15, 0.2) is 0 Å². The predicted molar refractivity (Wildman–Crippen MR) is 97.8 cm³/mol. The number of hydrogen-bond donors (Lipinski definition) is 0. The maximum absolute atomic E-state index is 5.97. The Balaban J connectivity index is 2.80. The highest BCUT2D eigenvalue weighted by molar-refractivity contribution is 14.2. The van der Waals surface area contributed by atoms with E-state index in [0.29, 0.717) is 5.92 Å². The molecule has 2 nitrogen and oxygen atoms in total. The lowest BCUT2D eigenvalue weighted by Crippen LogP contribution is -2.51. The molecule has 1 rings (SSSR count). The normalized spacial score (nSPS) is 30.6. The average molecular weight is 494 g/mol. The summed E-state index contributed by atoms with van der Waals surface area (Å²) in [6.45, 7) is 15.5. The van der Waals surface area contributed by atoms with Crippen molar-refractivity contribution in [2.45, 2.75) is 74.4 Å². The van der Waals surface area contributed by atoms with E-state index in [0.717, 1.165) is 5.92 Å². The van der Waals surface area contributed by atoms with Crippen LogP contribution in [-0.4, -0.2) is 13.1 Å². The van der Waals surface area contributed by atoms with Crippen molar-refractivity contribution in [1.82, 2.24) is 0 Å². The van der Waals surface area contributed by atoms with Crippen molar-refractivity contribution in [3.63, 3.8) is 0 Å². The van der Waals surface area contributed by atoms with Crippen LogP contribution in [0.15, 0.2) is 0 Å². The predicted octanol–water partition coefficient (Wildman–Crippen LogP) is 5.76. The molecule has 2 atom stereocenters. The van der Waals surface area contributed by atoms with Crippen LogP contribution in [-0.2, 0) is 9.78 Å². The van der Waals surface area contributed by atoms with Crippen molar-refractivity contribution < 1.29 is 9.78 Å². The van der Waals surface area contributed by atoms with Crippen LogP contribution in [0.2, 0.25) is 0 Å². The molecule has 0 bridgehead atoms. The fourth-order valence-electron chi connectivity index (χ4n) is 2.69. The van der Waals surface area contributed by atoms with Crippen LogP contribution in [0, 0.1) is 17.3 Å². The van der Waals surface area contributed by atoms with Crippen molar-refractivity contribution in [1.29, 1.82) is 0 Å². The van der Waals surface area contributed by atoms with Crippen LogP contribution < -0.4 is 0 Å². The minimum Gasteiger partial charge on any atom is -0.230 e. The highest BCUT2D eigenvalue weighted by atomic mass is 127. The second kappa shape index (κ2) is 6.24. The van der Waals surface area contributed by atoms with Gasteiger partial charge in [-0.15, -0.1) is 0 Å². The van der Waals surface area contributed by atoms with Gasteiger partial charge in [0.2, 0.25) is 0 Å². The van der Waals surface area contributed by atoms with E-state index in [9.17, 15) is 0 Å². The van der Waals surface area contributed by atoms with E-state index >= 15 is 0 Å². The molecule has 2 unspecified atom stereocenters. The quantitative estimate of drug-likeness (QED) is 0.214. The lowest BCUT2D eigenvalue weighted by molar-refractivity contribution is -0.401. The van der Waals surface area contributed by atoms with Crippen LogP contribution in [0.4, 0.5) is 0 Å². The van der Waals surface area contributed by atoms with Crippen LogP contribution >= 0.6 is 45.2 Å². The first-order valence-electron chi connectivity index (χ1n) is 7.11. The molecule has 19 heavy (non-hydrogen) atoms. The van der Waals surface area contributed by atoms with Crippen molar-refractivity contribution in [2.24, 2.45) is 17.3 Å². The van der Waals surface area contributed by atoms with E-state index < -0.39 is 0 Å². The van der Waals surface area contributed by atoms with Crippen molar-refractivity contribution in [2.75, 3.05) is 0 Å². The first-order valence-corrected chi connectivity index (χ1v) is 9.26. The summed E-state index contributed by atoms with van der Waals surface area (Å²) in [5, 5.41) is 0. The standard InChI is InChI=1S/C15H28I2O2/c1-10(2)14(6,7)19-18-12-13(4,5)8-11(3)9-15(12,16)17/h10-12H,8-9H2,1-7H3. The Morgan fingerprint density at radius 1 is 1.16 bits per heavy atom. The number of alkyl halides is 2. The van der Waals surface area contributed by atoms with Crippen molar-refractivity contribution >= 4 is 45.2 Å². The Morgan fingerprint density at radius 3 is 2.11 bits per heavy atom. The van der Waals surface area contributed by atoms with Crippen LogP contribution in [0.3, 0.4) is 0 Å². The van der Waals surface area contributed by atoms with Gasteiger partial charge in [0.05, 0.1) is 0 Å². The first-order chi connectivity index (χ1) is 8.38. The van der Waals surface area contributed by atoms with Crippen LogP contribution in [0.5, 0.6) is 0 Å². The Bertz CT molecular complexity index is 293. The summed E-state index contributed by atoms with van der Waals surface area (Å²) >= 11 is 5.09. The van der Waals surface area contributed by atoms with E-state index in [1.165, 1.54) is 12.8 Å². The third-order valence-corrected chi connectivity index (χ3v) is 6.35. The molecular formula is C15H28I2O2. The molecule has 0 amide bonds. The molecule has 1 aliphatic carbocycles. The largest absolute Gasteiger partial charge is 0.230 e. The molecule has 0 aromatic heterocycles. The molecule has 1 fully saturated rings. The Morgan fingerprint density at radius 2 is 1.68 bits per heavy atom. The molecule has 0 radical (unpaired) electrons. The number of hydrogen-bond acceptors (Lipinski definition) is 2. The number of rotatable bonds is 4. The van der Waals surface area contributed by atoms with Gasteiger partial charge in [0, 0.05) is 0 Å². The Kier molecular flexibility index (Phi) is 6.06. The highest BCUT2D eigenvalue weighted by Crippen LogP contribution is 2.53. The second-order valence-electron chi connectivity index (χ2n) is 7.58. The van der Waals surface area contributed by atoms with Gasteiger partial charge in [-0.2, -0.15) is 0 Å². The SMILES string of the molecule is CC1CC(C)(C)C(OOC(C)(C)C(C)C)C(I)(I)C1. The first kappa shape index (κ1) is 18.4. The van der Waals surface area contributed by atoms with Crippen LogP contribution in [0.1, 0.15) is 61.3 Å². The van der Waals surface area contributed by atoms with Gasteiger partial charge in [0.25, 0.3) is 0 Å². The van der Waals surface area contributed by atoms with E-state index in [2.05, 4.69) is 93.6 Å². The summed E-state index contributed by atoms with van der Waals surface area (Å²) < 4.78 is 0.101. The fraction of sp³-hybridized carbons (Fsp3) is 1.00. The average Bonchev–Trinajstić information content (AvgIpc) is 2.11. The van der Waals surface area contributed by atoms with Gasteiger partial charge in [-0.3, -0.25) is 0 Å². The minimum atomic E-state index is -0.248. The summed E-state index contributed by atoms with van der Waals surface area (Å²) in [5.41, 5.74) is -0.102. The molecule has 114 valence electrons. The molecule has 4 heteroatoms. The molecule has 0 heterocycles. The zero-order valence-corrected chi connectivity index (χ0v) is 17.5. The molecule has 1 saturated carbocycles. The molecule has 0 saturated heterocycles. The third-order valence-electron chi connectivity index (χ3n) is 4.34. The van der Waals surface area contributed by atoms with E-state index in [-0.39, 0.29) is 18.5 Å². The second-order valence-corrected chi connectivity index (χ2v) is 13.5. The third kappa shape index (κ3) is 4.68. The van der Waals surface area contributed by atoms with E-state index in [1.54, 1.807) is 0 Å². The molecule has 0 spiro atoms. The van der Waals surface area contributed by atoms with E-state index in [4.69, 9.17) is 9.78 Å². The lowest BCUT2D eigenvalue weighted by Gasteiger charge is -2.48. The van der Waals surface area contributed by atoms with Gasteiger partial charge >= 0.3 is 0 Å².